The molecule has 2 rings (SSSR count). The monoisotopic (exact) mass is 256 g/mol. The summed E-state index contributed by atoms with van der Waals surface area (Å²) >= 11 is 4.65. The molecule has 0 spiro atoms. The highest BCUT2D eigenvalue weighted by molar-refractivity contribution is 7.80. The van der Waals surface area contributed by atoms with Gasteiger partial charge in [-0.15, -0.1) is 0 Å². The number of likely N-dealkylation sites (N-methyl/N-ethyl adjacent to an activating group) is 1. The van der Waals surface area contributed by atoms with Crippen LogP contribution in [0.1, 0.15) is 39.0 Å². The van der Waals surface area contributed by atoms with Crippen molar-refractivity contribution in [3.05, 3.63) is 0 Å². The van der Waals surface area contributed by atoms with Crippen LogP contribution in [0.2, 0.25) is 0 Å². The Bertz CT molecular complexity index is 238. The Morgan fingerprint density at radius 3 is 2.47 bits per heavy atom. The Morgan fingerprint density at radius 1 is 1.18 bits per heavy atom. The maximum atomic E-state index is 4.65. The normalized spacial score (nSPS) is 31.6. The second-order valence-electron chi connectivity index (χ2n) is 6.28. The fraction of sp³-hybridized carbons (Fsp3) is 1.00. The Morgan fingerprint density at radius 2 is 1.88 bits per heavy atom. The molecule has 1 heterocycles. The van der Waals surface area contributed by atoms with E-state index in [1.54, 1.807) is 0 Å². The number of rotatable bonds is 3. The molecule has 2 nitrogen and oxygen atoms in total. The summed E-state index contributed by atoms with van der Waals surface area (Å²) in [5.74, 6) is 1.08. The Hall–Kier alpha value is 0.270. The molecule has 100 valence electrons. The zero-order valence-electron chi connectivity index (χ0n) is 11.5. The van der Waals surface area contributed by atoms with E-state index in [1.807, 2.05) is 0 Å². The van der Waals surface area contributed by atoms with Crippen molar-refractivity contribution in [1.29, 1.82) is 0 Å². The predicted molar refractivity (Wildman–Crippen MR) is 77.9 cm³/mol. The molecule has 1 unspecified atom stereocenters. The van der Waals surface area contributed by atoms with Crippen LogP contribution >= 0.6 is 12.6 Å². The summed E-state index contributed by atoms with van der Waals surface area (Å²) < 4.78 is 0. The quantitative estimate of drug-likeness (QED) is 0.775. The van der Waals surface area contributed by atoms with Gasteiger partial charge in [-0.1, -0.05) is 19.3 Å². The fourth-order valence-corrected chi connectivity index (χ4v) is 3.83. The van der Waals surface area contributed by atoms with Gasteiger partial charge in [0, 0.05) is 32.2 Å². The first kappa shape index (κ1) is 13.7. The molecule has 0 bridgehead atoms. The first-order valence-corrected chi connectivity index (χ1v) is 7.82. The summed E-state index contributed by atoms with van der Waals surface area (Å²) in [7, 11) is 2.25. The zero-order valence-corrected chi connectivity index (χ0v) is 12.4. The smallest absolute Gasteiger partial charge is 0.0192 e. The van der Waals surface area contributed by atoms with Gasteiger partial charge in [-0.05, 0) is 38.0 Å². The molecule has 0 aromatic carbocycles. The Kier molecular flexibility index (Phi) is 4.79. The third-order valence-electron chi connectivity index (χ3n) is 4.85. The first-order valence-electron chi connectivity index (χ1n) is 7.19. The van der Waals surface area contributed by atoms with Gasteiger partial charge in [0.1, 0.15) is 0 Å². The van der Waals surface area contributed by atoms with E-state index in [0.717, 1.165) is 5.75 Å². The lowest BCUT2D eigenvalue weighted by Gasteiger charge is -2.44. The Balaban J connectivity index is 1.90. The molecule has 1 aliphatic carbocycles. The second-order valence-corrected chi connectivity index (χ2v) is 6.60. The van der Waals surface area contributed by atoms with Gasteiger partial charge in [0.05, 0.1) is 0 Å². The molecule has 2 fully saturated rings. The predicted octanol–water partition coefficient (Wildman–Crippen LogP) is 2.50. The van der Waals surface area contributed by atoms with Gasteiger partial charge in [0.2, 0.25) is 0 Å². The zero-order chi connectivity index (χ0) is 12.3. The highest BCUT2D eigenvalue weighted by atomic mass is 32.1. The molecular weight excluding hydrogens is 228 g/mol. The molecule has 1 saturated carbocycles. The highest BCUT2D eigenvalue weighted by Crippen LogP contribution is 2.38. The van der Waals surface area contributed by atoms with E-state index < -0.39 is 0 Å². The van der Waals surface area contributed by atoms with Crippen molar-refractivity contribution in [3.8, 4) is 0 Å². The van der Waals surface area contributed by atoms with E-state index in [0.29, 0.717) is 11.5 Å². The minimum Gasteiger partial charge on any atom is -0.301 e. The SMILES string of the molecule is CC1CN(CC2(CS)CCCCC2)CCN1C. The van der Waals surface area contributed by atoms with E-state index in [1.165, 1.54) is 58.3 Å². The van der Waals surface area contributed by atoms with Crippen LogP contribution in [-0.4, -0.2) is 54.8 Å². The first-order chi connectivity index (χ1) is 8.15. The molecule has 1 saturated heterocycles. The van der Waals surface area contributed by atoms with Crippen LogP contribution < -0.4 is 0 Å². The van der Waals surface area contributed by atoms with Gasteiger partial charge < -0.3 is 4.90 Å². The third-order valence-corrected chi connectivity index (χ3v) is 5.52. The van der Waals surface area contributed by atoms with Crippen LogP contribution in [0.3, 0.4) is 0 Å². The van der Waals surface area contributed by atoms with E-state index in [4.69, 9.17) is 0 Å². The molecular formula is C14H28N2S. The number of hydrogen-bond acceptors (Lipinski definition) is 3. The van der Waals surface area contributed by atoms with Gasteiger partial charge in [0.25, 0.3) is 0 Å². The maximum absolute atomic E-state index is 4.65. The highest BCUT2D eigenvalue weighted by Gasteiger charge is 2.34. The standard InChI is InChI=1S/C14H28N2S/c1-13-10-16(9-8-15(13)2)11-14(12-17)6-4-3-5-7-14/h13,17H,3-12H2,1-2H3. The molecule has 3 heteroatoms. The number of piperazine rings is 1. The van der Waals surface area contributed by atoms with Crippen molar-refractivity contribution in [2.45, 2.75) is 45.1 Å². The molecule has 0 amide bonds. The van der Waals surface area contributed by atoms with Crippen LogP contribution in [0.25, 0.3) is 0 Å². The fourth-order valence-electron chi connectivity index (χ4n) is 3.41. The summed E-state index contributed by atoms with van der Waals surface area (Å²) in [6.45, 7) is 7.35. The van der Waals surface area contributed by atoms with E-state index >= 15 is 0 Å². The van der Waals surface area contributed by atoms with Crippen molar-refractivity contribution < 1.29 is 0 Å². The van der Waals surface area contributed by atoms with Crippen LogP contribution in [-0.2, 0) is 0 Å². The molecule has 0 N–H and O–H groups in total. The molecule has 1 atom stereocenters. The van der Waals surface area contributed by atoms with Crippen molar-refractivity contribution in [2.75, 3.05) is 39.0 Å². The van der Waals surface area contributed by atoms with Crippen molar-refractivity contribution >= 4 is 12.6 Å². The summed E-state index contributed by atoms with van der Waals surface area (Å²) in [4.78, 5) is 5.16. The van der Waals surface area contributed by atoms with E-state index in [-0.39, 0.29) is 0 Å². The molecule has 0 radical (unpaired) electrons. The van der Waals surface area contributed by atoms with Gasteiger partial charge in [-0.25, -0.2) is 0 Å². The lowest BCUT2D eigenvalue weighted by atomic mass is 9.75. The minimum absolute atomic E-state index is 0.525. The van der Waals surface area contributed by atoms with Gasteiger partial charge >= 0.3 is 0 Å². The van der Waals surface area contributed by atoms with E-state index in [9.17, 15) is 0 Å². The van der Waals surface area contributed by atoms with Crippen LogP contribution in [0.5, 0.6) is 0 Å². The molecule has 2 aliphatic rings. The lowest BCUT2D eigenvalue weighted by Crippen LogP contribution is -2.53. The molecule has 1 aliphatic heterocycles. The number of thiol groups is 1. The van der Waals surface area contributed by atoms with Crippen LogP contribution in [0.4, 0.5) is 0 Å². The second kappa shape index (κ2) is 5.94. The van der Waals surface area contributed by atoms with Crippen LogP contribution in [0, 0.1) is 5.41 Å². The van der Waals surface area contributed by atoms with Crippen molar-refractivity contribution in [1.82, 2.24) is 9.80 Å². The topological polar surface area (TPSA) is 6.48 Å². The summed E-state index contributed by atoms with van der Waals surface area (Å²) in [6, 6.07) is 0.712. The largest absolute Gasteiger partial charge is 0.301 e. The molecule has 0 aromatic rings. The number of nitrogens with zero attached hydrogens (tertiary/aromatic N) is 2. The summed E-state index contributed by atoms with van der Waals surface area (Å²) in [5.41, 5.74) is 0.525. The molecule has 17 heavy (non-hydrogen) atoms. The molecule has 0 aromatic heterocycles. The number of hydrogen-bond donors (Lipinski definition) is 1. The summed E-state index contributed by atoms with van der Waals surface area (Å²) in [5, 5.41) is 0. The van der Waals surface area contributed by atoms with Gasteiger partial charge in [0.15, 0.2) is 0 Å². The van der Waals surface area contributed by atoms with Gasteiger partial charge in [-0.3, -0.25) is 4.90 Å². The van der Waals surface area contributed by atoms with E-state index in [2.05, 4.69) is 36.4 Å². The minimum atomic E-state index is 0.525. The Labute approximate surface area is 112 Å². The summed E-state index contributed by atoms with van der Waals surface area (Å²) in [6.07, 6.45) is 7.08. The third kappa shape index (κ3) is 3.39. The van der Waals surface area contributed by atoms with Gasteiger partial charge in [-0.2, -0.15) is 12.6 Å². The van der Waals surface area contributed by atoms with Crippen molar-refractivity contribution in [2.24, 2.45) is 5.41 Å². The maximum Gasteiger partial charge on any atom is 0.0192 e. The van der Waals surface area contributed by atoms with Crippen LogP contribution in [0.15, 0.2) is 0 Å². The van der Waals surface area contributed by atoms with Crippen molar-refractivity contribution in [3.63, 3.8) is 0 Å². The lowest BCUT2D eigenvalue weighted by molar-refractivity contribution is 0.0574. The average Bonchev–Trinajstić information content (AvgIpc) is 2.35. The average molecular weight is 256 g/mol.